The number of amides is 1. The van der Waals surface area contributed by atoms with Gasteiger partial charge < -0.3 is 14.8 Å². The van der Waals surface area contributed by atoms with Crippen LogP contribution in [-0.4, -0.2) is 33.8 Å². The second-order valence-electron chi connectivity index (χ2n) is 5.78. The van der Waals surface area contributed by atoms with Crippen LogP contribution < -0.4 is 14.8 Å². The van der Waals surface area contributed by atoms with E-state index in [1.54, 1.807) is 24.3 Å². The molecule has 0 radical (unpaired) electrons. The van der Waals surface area contributed by atoms with Gasteiger partial charge in [-0.15, -0.1) is 0 Å². The Balaban J connectivity index is 2.21. The Hall–Kier alpha value is -2.54. The van der Waals surface area contributed by atoms with E-state index in [0.717, 1.165) is 6.26 Å². The molecule has 1 N–H and O–H groups in total. The number of benzene rings is 2. The number of carbonyl (C=O) groups is 1. The minimum Gasteiger partial charge on any atom is -0.495 e. The van der Waals surface area contributed by atoms with Gasteiger partial charge >= 0.3 is 0 Å². The Morgan fingerprint density at radius 1 is 1.08 bits per heavy atom. The molecule has 0 spiro atoms. The predicted octanol–water partition coefficient (Wildman–Crippen LogP) is 3.14. The maximum absolute atomic E-state index is 12.4. The molecule has 2 aromatic rings. The topological polar surface area (TPSA) is 81.7 Å². The fourth-order valence-corrected chi connectivity index (χ4v) is 3.06. The number of hydrogen-bond acceptors (Lipinski definition) is 5. The third-order valence-electron chi connectivity index (χ3n) is 3.31. The number of carbonyl (C=O) groups excluding carboxylic acids is 1. The minimum absolute atomic E-state index is 0.0247. The number of ether oxygens (including phenoxy) is 2. The largest absolute Gasteiger partial charge is 0.495 e. The van der Waals surface area contributed by atoms with E-state index in [1.807, 2.05) is 13.8 Å². The van der Waals surface area contributed by atoms with Crippen molar-refractivity contribution in [1.29, 1.82) is 0 Å². The lowest BCUT2D eigenvalue weighted by atomic mass is 10.2. The molecule has 0 heterocycles. The van der Waals surface area contributed by atoms with Crippen molar-refractivity contribution >= 4 is 21.4 Å². The molecule has 0 aliphatic carbocycles. The predicted molar refractivity (Wildman–Crippen MR) is 96.3 cm³/mol. The summed E-state index contributed by atoms with van der Waals surface area (Å²) in [5.74, 6) is 0.496. The molecule has 0 aliphatic heterocycles. The Kier molecular flexibility index (Phi) is 5.69. The zero-order valence-electron chi connectivity index (χ0n) is 14.6. The van der Waals surface area contributed by atoms with Gasteiger partial charge in [0.2, 0.25) is 0 Å². The summed E-state index contributed by atoms with van der Waals surface area (Å²) in [5, 5.41) is 2.72. The first-order chi connectivity index (χ1) is 11.7. The number of methoxy groups -OCH3 is 1. The van der Waals surface area contributed by atoms with Crippen molar-refractivity contribution in [3.8, 4) is 11.5 Å². The quantitative estimate of drug-likeness (QED) is 0.853. The lowest BCUT2D eigenvalue weighted by Crippen LogP contribution is -2.13. The van der Waals surface area contributed by atoms with Crippen LogP contribution in [-0.2, 0) is 9.84 Å². The molecule has 25 heavy (non-hydrogen) atoms. The van der Waals surface area contributed by atoms with Crippen LogP contribution in [0.1, 0.15) is 24.2 Å². The monoisotopic (exact) mass is 363 g/mol. The Bertz CT molecular complexity index is 858. The molecule has 0 saturated heterocycles. The van der Waals surface area contributed by atoms with E-state index >= 15 is 0 Å². The van der Waals surface area contributed by atoms with Crippen LogP contribution >= 0.6 is 0 Å². The van der Waals surface area contributed by atoms with Gasteiger partial charge in [0.05, 0.1) is 13.2 Å². The molecular formula is C18H21NO5S. The fraction of sp³-hybridized carbons (Fsp3) is 0.278. The standard InChI is InChI=1S/C18H21NO5S/c1-12(2)24-15-8-6-14(7-9-15)19-18(20)13-5-10-16(23-3)17(11-13)25(4,21)22/h5-12H,1-4H3,(H,19,20). The molecule has 1 amide bonds. The SMILES string of the molecule is COc1ccc(C(=O)Nc2ccc(OC(C)C)cc2)cc1S(C)(=O)=O. The lowest BCUT2D eigenvalue weighted by Gasteiger charge is -2.12. The summed E-state index contributed by atoms with van der Waals surface area (Å²) in [5.41, 5.74) is 0.807. The van der Waals surface area contributed by atoms with E-state index in [-0.39, 0.29) is 22.3 Å². The molecule has 0 unspecified atom stereocenters. The first-order valence-corrected chi connectivity index (χ1v) is 9.56. The third kappa shape index (κ3) is 4.96. The lowest BCUT2D eigenvalue weighted by molar-refractivity contribution is 0.102. The average molecular weight is 363 g/mol. The number of hydrogen-bond donors (Lipinski definition) is 1. The van der Waals surface area contributed by atoms with E-state index in [0.29, 0.717) is 11.4 Å². The van der Waals surface area contributed by atoms with Crippen molar-refractivity contribution in [2.75, 3.05) is 18.7 Å². The second kappa shape index (κ2) is 7.57. The van der Waals surface area contributed by atoms with E-state index in [9.17, 15) is 13.2 Å². The summed E-state index contributed by atoms with van der Waals surface area (Å²) in [6.07, 6.45) is 1.13. The Morgan fingerprint density at radius 2 is 1.72 bits per heavy atom. The van der Waals surface area contributed by atoms with Gasteiger partial charge in [-0.05, 0) is 56.3 Å². The van der Waals surface area contributed by atoms with Crippen LogP contribution in [0.2, 0.25) is 0 Å². The van der Waals surface area contributed by atoms with Gasteiger partial charge in [0, 0.05) is 17.5 Å². The van der Waals surface area contributed by atoms with Crippen molar-refractivity contribution in [2.24, 2.45) is 0 Å². The van der Waals surface area contributed by atoms with Crippen molar-refractivity contribution in [3.63, 3.8) is 0 Å². The summed E-state index contributed by atoms with van der Waals surface area (Å²) < 4.78 is 34.3. The smallest absolute Gasteiger partial charge is 0.255 e. The Morgan fingerprint density at radius 3 is 2.24 bits per heavy atom. The number of nitrogens with one attached hydrogen (secondary N) is 1. The van der Waals surface area contributed by atoms with Crippen LogP contribution in [0.15, 0.2) is 47.4 Å². The van der Waals surface area contributed by atoms with E-state index in [1.165, 1.54) is 25.3 Å². The zero-order chi connectivity index (χ0) is 18.6. The molecule has 0 aromatic heterocycles. The maximum atomic E-state index is 12.4. The highest BCUT2D eigenvalue weighted by atomic mass is 32.2. The van der Waals surface area contributed by atoms with Crippen LogP contribution in [0.3, 0.4) is 0 Å². The van der Waals surface area contributed by atoms with Gasteiger partial charge in [-0.25, -0.2) is 8.42 Å². The highest BCUT2D eigenvalue weighted by Gasteiger charge is 2.17. The van der Waals surface area contributed by atoms with Crippen LogP contribution in [0.25, 0.3) is 0 Å². The fourth-order valence-electron chi connectivity index (χ4n) is 2.20. The highest BCUT2D eigenvalue weighted by molar-refractivity contribution is 7.90. The molecular weight excluding hydrogens is 342 g/mol. The van der Waals surface area contributed by atoms with Crippen LogP contribution in [0.4, 0.5) is 5.69 Å². The molecule has 7 heteroatoms. The maximum Gasteiger partial charge on any atom is 0.255 e. The highest BCUT2D eigenvalue weighted by Crippen LogP contribution is 2.25. The molecule has 0 bridgehead atoms. The molecule has 6 nitrogen and oxygen atoms in total. The van der Waals surface area contributed by atoms with E-state index < -0.39 is 15.7 Å². The van der Waals surface area contributed by atoms with Crippen LogP contribution in [0, 0.1) is 0 Å². The van der Waals surface area contributed by atoms with Gasteiger partial charge in [0.25, 0.3) is 5.91 Å². The molecule has 0 aliphatic rings. The van der Waals surface area contributed by atoms with E-state index in [2.05, 4.69) is 5.32 Å². The average Bonchev–Trinajstić information content (AvgIpc) is 2.54. The summed E-state index contributed by atoms with van der Waals surface area (Å²) in [6, 6.07) is 11.2. The molecule has 0 atom stereocenters. The summed E-state index contributed by atoms with van der Waals surface area (Å²) >= 11 is 0. The van der Waals surface area contributed by atoms with Crippen LogP contribution in [0.5, 0.6) is 11.5 Å². The molecule has 134 valence electrons. The molecule has 0 saturated carbocycles. The number of rotatable bonds is 6. The van der Waals surface area contributed by atoms with Gasteiger partial charge in [-0.1, -0.05) is 0 Å². The molecule has 2 rings (SSSR count). The molecule has 2 aromatic carbocycles. The first kappa shape index (κ1) is 18.8. The van der Waals surface area contributed by atoms with Crippen molar-refractivity contribution in [1.82, 2.24) is 0 Å². The summed E-state index contributed by atoms with van der Waals surface area (Å²) in [6.45, 7) is 3.86. The minimum atomic E-state index is -3.51. The number of anilines is 1. The van der Waals surface area contributed by atoms with Gasteiger partial charge in [-0.3, -0.25) is 4.79 Å². The normalized spacial score (nSPS) is 11.2. The third-order valence-corrected chi connectivity index (χ3v) is 4.43. The van der Waals surface area contributed by atoms with Gasteiger partial charge in [-0.2, -0.15) is 0 Å². The van der Waals surface area contributed by atoms with Crippen molar-refractivity contribution in [2.45, 2.75) is 24.8 Å². The van der Waals surface area contributed by atoms with Gasteiger partial charge in [0.1, 0.15) is 16.4 Å². The summed E-state index contributed by atoms with van der Waals surface area (Å²) in [7, 11) is -2.13. The Labute approximate surface area is 147 Å². The molecule has 0 fully saturated rings. The zero-order valence-corrected chi connectivity index (χ0v) is 15.4. The summed E-state index contributed by atoms with van der Waals surface area (Å²) in [4.78, 5) is 12.4. The number of sulfone groups is 1. The first-order valence-electron chi connectivity index (χ1n) is 7.67. The van der Waals surface area contributed by atoms with Gasteiger partial charge in [0.15, 0.2) is 9.84 Å². The van der Waals surface area contributed by atoms with E-state index in [4.69, 9.17) is 9.47 Å². The van der Waals surface area contributed by atoms with Crippen molar-refractivity contribution < 1.29 is 22.7 Å². The van der Waals surface area contributed by atoms with Crippen molar-refractivity contribution in [3.05, 3.63) is 48.0 Å². The second-order valence-corrected chi connectivity index (χ2v) is 7.77.